The van der Waals surface area contributed by atoms with Crippen LogP contribution >= 0.6 is 11.9 Å². The number of fused-ring (bicyclic) bond motifs is 1. The molecule has 0 atom stereocenters. The summed E-state index contributed by atoms with van der Waals surface area (Å²) in [7, 11) is 0. The highest BCUT2D eigenvalue weighted by molar-refractivity contribution is 8.00. The maximum atomic E-state index is 14.5. The first-order chi connectivity index (χ1) is 13.2. The molecule has 0 spiro atoms. The van der Waals surface area contributed by atoms with Crippen LogP contribution in [0.3, 0.4) is 0 Å². The number of hydrogen-bond donors (Lipinski definition) is 3. The third-order valence-electron chi connectivity index (χ3n) is 4.39. The summed E-state index contributed by atoms with van der Waals surface area (Å²) in [6, 6.07) is 8.75. The zero-order valence-electron chi connectivity index (χ0n) is 14.6. The smallest absolute Gasteiger partial charge is 0.228 e. The fourth-order valence-electron chi connectivity index (χ4n) is 2.86. The number of carbonyl (C=O) groups is 1. The van der Waals surface area contributed by atoms with Gasteiger partial charge in [0, 0.05) is 23.3 Å². The molecule has 3 aromatic rings. The summed E-state index contributed by atoms with van der Waals surface area (Å²) >= 11 is 1.37. The van der Waals surface area contributed by atoms with Crippen molar-refractivity contribution in [2.45, 2.75) is 12.8 Å². The molecule has 1 aliphatic carbocycles. The zero-order valence-corrected chi connectivity index (χ0v) is 15.4. The summed E-state index contributed by atoms with van der Waals surface area (Å²) in [6.07, 6.45) is 5.38. The van der Waals surface area contributed by atoms with Gasteiger partial charge in [0.25, 0.3) is 0 Å². The Bertz CT molecular complexity index is 1010. The number of benzene rings is 1. The van der Waals surface area contributed by atoms with Crippen LogP contribution < -0.4 is 10.0 Å². The highest BCUT2D eigenvalue weighted by Gasteiger charge is 2.30. The lowest BCUT2D eigenvalue weighted by Gasteiger charge is -2.11. The molecule has 27 heavy (non-hydrogen) atoms. The number of carbonyl (C=O) groups excluding carboxylic acids is 1. The summed E-state index contributed by atoms with van der Waals surface area (Å²) in [4.78, 5) is 19.6. The molecule has 1 saturated carbocycles. The third-order valence-corrected chi connectivity index (χ3v) is 5.16. The molecule has 0 unspecified atom stereocenters. The van der Waals surface area contributed by atoms with Crippen molar-refractivity contribution in [3.05, 3.63) is 55.0 Å². The monoisotopic (exact) mass is 382 g/mol. The van der Waals surface area contributed by atoms with Gasteiger partial charge in [-0.3, -0.25) is 4.79 Å². The topological polar surface area (TPSA) is 69.8 Å². The first kappa shape index (κ1) is 17.6. The van der Waals surface area contributed by atoms with Crippen LogP contribution in [-0.4, -0.2) is 21.6 Å². The SMILES string of the molecule is C=CCSNc1ccc(-c2cc(NC(=O)C3CC3)nc3[nH]ccc23)cc1F. The van der Waals surface area contributed by atoms with E-state index in [2.05, 4.69) is 26.6 Å². The standard InChI is InChI=1S/C20H19FN4OS/c1-2-9-27-25-17-6-5-13(10-16(17)21)15-11-18(24-20(26)12-3-4-12)23-19-14(15)7-8-22-19/h2,5-8,10-12,25H,1,3-4,9H2,(H2,22,23,24,26). The molecular weight excluding hydrogens is 363 g/mol. The lowest BCUT2D eigenvalue weighted by atomic mass is 10.0. The number of amides is 1. The molecule has 2 heterocycles. The molecule has 0 radical (unpaired) electrons. The molecule has 0 bridgehead atoms. The van der Waals surface area contributed by atoms with Crippen molar-refractivity contribution >= 4 is 40.4 Å². The molecule has 1 amide bonds. The van der Waals surface area contributed by atoms with Crippen LogP contribution in [0.5, 0.6) is 0 Å². The van der Waals surface area contributed by atoms with Crippen LogP contribution in [0.4, 0.5) is 15.9 Å². The van der Waals surface area contributed by atoms with Gasteiger partial charge in [0.2, 0.25) is 5.91 Å². The maximum absolute atomic E-state index is 14.5. The average Bonchev–Trinajstić information content (AvgIpc) is 3.41. The van der Waals surface area contributed by atoms with Gasteiger partial charge in [-0.2, -0.15) is 0 Å². The lowest BCUT2D eigenvalue weighted by Crippen LogP contribution is -2.14. The van der Waals surface area contributed by atoms with Gasteiger partial charge < -0.3 is 15.0 Å². The van der Waals surface area contributed by atoms with Crippen LogP contribution in [-0.2, 0) is 4.79 Å². The molecule has 4 rings (SSSR count). The number of H-pyrrole nitrogens is 1. The second-order valence-electron chi connectivity index (χ2n) is 6.45. The molecule has 5 nitrogen and oxygen atoms in total. The van der Waals surface area contributed by atoms with Gasteiger partial charge in [0.1, 0.15) is 17.3 Å². The summed E-state index contributed by atoms with van der Waals surface area (Å²) in [5.74, 6) is 0.892. The van der Waals surface area contributed by atoms with Crippen molar-refractivity contribution in [1.29, 1.82) is 0 Å². The predicted octanol–water partition coefficient (Wildman–Crippen LogP) is 4.96. The Morgan fingerprint density at radius 3 is 2.96 bits per heavy atom. The Hall–Kier alpha value is -2.80. The molecule has 1 aliphatic rings. The van der Waals surface area contributed by atoms with Crippen molar-refractivity contribution in [2.24, 2.45) is 5.92 Å². The molecular formula is C20H19FN4OS. The van der Waals surface area contributed by atoms with E-state index in [4.69, 9.17) is 0 Å². The van der Waals surface area contributed by atoms with E-state index in [0.717, 1.165) is 29.4 Å². The number of nitrogens with zero attached hydrogens (tertiary/aromatic N) is 1. The molecule has 3 N–H and O–H groups in total. The van der Waals surface area contributed by atoms with Crippen LogP contribution in [0.2, 0.25) is 0 Å². The lowest BCUT2D eigenvalue weighted by molar-refractivity contribution is -0.117. The van der Waals surface area contributed by atoms with E-state index in [1.807, 2.05) is 12.1 Å². The van der Waals surface area contributed by atoms with Crippen LogP contribution in [0.15, 0.2) is 49.2 Å². The summed E-state index contributed by atoms with van der Waals surface area (Å²) < 4.78 is 17.5. The molecule has 1 fully saturated rings. The van der Waals surface area contributed by atoms with E-state index in [9.17, 15) is 9.18 Å². The zero-order chi connectivity index (χ0) is 18.8. The Balaban J connectivity index is 1.67. The second-order valence-corrected chi connectivity index (χ2v) is 7.28. The first-order valence-corrected chi connectivity index (χ1v) is 9.72. The Labute approximate surface area is 160 Å². The van der Waals surface area contributed by atoms with E-state index >= 15 is 0 Å². The van der Waals surface area contributed by atoms with Crippen molar-refractivity contribution in [3.8, 4) is 11.1 Å². The average molecular weight is 382 g/mol. The normalized spacial score (nSPS) is 13.5. The van der Waals surface area contributed by atoms with Gasteiger partial charge in [-0.25, -0.2) is 9.37 Å². The number of pyridine rings is 1. The second kappa shape index (κ2) is 7.44. The van der Waals surface area contributed by atoms with Gasteiger partial charge in [-0.1, -0.05) is 12.1 Å². The van der Waals surface area contributed by atoms with Crippen molar-refractivity contribution < 1.29 is 9.18 Å². The van der Waals surface area contributed by atoms with Crippen LogP contribution in [0, 0.1) is 11.7 Å². The minimum absolute atomic E-state index is 0.00988. The van der Waals surface area contributed by atoms with Crippen molar-refractivity contribution in [1.82, 2.24) is 9.97 Å². The van der Waals surface area contributed by atoms with E-state index in [1.165, 1.54) is 18.0 Å². The Morgan fingerprint density at radius 2 is 2.22 bits per heavy atom. The highest BCUT2D eigenvalue weighted by atomic mass is 32.2. The predicted molar refractivity (Wildman–Crippen MR) is 109 cm³/mol. The van der Waals surface area contributed by atoms with Gasteiger partial charge in [0.05, 0.1) is 5.69 Å². The molecule has 138 valence electrons. The number of hydrogen-bond acceptors (Lipinski definition) is 4. The Morgan fingerprint density at radius 1 is 1.37 bits per heavy atom. The molecule has 2 aromatic heterocycles. The molecule has 0 aliphatic heterocycles. The van der Waals surface area contributed by atoms with Crippen LogP contribution in [0.25, 0.3) is 22.2 Å². The van der Waals surface area contributed by atoms with E-state index < -0.39 is 0 Å². The van der Waals surface area contributed by atoms with Crippen molar-refractivity contribution in [2.75, 3.05) is 15.8 Å². The largest absolute Gasteiger partial charge is 0.346 e. The molecule has 7 heteroatoms. The number of nitrogens with one attached hydrogen (secondary N) is 3. The summed E-state index contributed by atoms with van der Waals surface area (Å²) in [6.45, 7) is 3.64. The summed E-state index contributed by atoms with van der Waals surface area (Å²) in [5.41, 5.74) is 2.62. The molecule has 0 saturated heterocycles. The van der Waals surface area contributed by atoms with Crippen LogP contribution in [0.1, 0.15) is 12.8 Å². The fraction of sp³-hybridized carbons (Fsp3) is 0.200. The fourth-order valence-corrected chi connectivity index (χ4v) is 3.38. The number of rotatable bonds is 7. The van der Waals surface area contributed by atoms with E-state index in [-0.39, 0.29) is 17.6 Å². The summed E-state index contributed by atoms with van der Waals surface area (Å²) in [5, 5.41) is 3.74. The first-order valence-electron chi connectivity index (χ1n) is 8.73. The quantitative estimate of drug-likeness (QED) is 0.307. The molecule has 1 aromatic carbocycles. The number of aromatic nitrogens is 2. The van der Waals surface area contributed by atoms with Gasteiger partial charge in [-0.05, 0) is 60.2 Å². The maximum Gasteiger partial charge on any atom is 0.228 e. The number of anilines is 2. The van der Waals surface area contributed by atoms with Gasteiger partial charge in [-0.15, -0.1) is 6.58 Å². The number of halogens is 1. The number of aromatic amines is 1. The van der Waals surface area contributed by atoms with Gasteiger partial charge >= 0.3 is 0 Å². The minimum atomic E-state index is -0.340. The van der Waals surface area contributed by atoms with Crippen molar-refractivity contribution in [3.63, 3.8) is 0 Å². The van der Waals surface area contributed by atoms with Gasteiger partial charge in [0.15, 0.2) is 0 Å². The highest BCUT2D eigenvalue weighted by Crippen LogP contribution is 2.34. The minimum Gasteiger partial charge on any atom is -0.346 e. The van der Waals surface area contributed by atoms with E-state index in [1.54, 1.807) is 24.4 Å². The van der Waals surface area contributed by atoms with E-state index in [0.29, 0.717) is 22.9 Å². The third kappa shape index (κ3) is 3.83. The Kier molecular flexibility index (Phi) is 4.85.